The first kappa shape index (κ1) is 11.1. The van der Waals surface area contributed by atoms with E-state index < -0.39 is 5.92 Å². The molecular formula is C7H14ClF2N. The van der Waals surface area contributed by atoms with Crippen molar-refractivity contribution in [1.29, 1.82) is 0 Å². The van der Waals surface area contributed by atoms with Crippen LogP contribution in [0.3, 0.4) is 0 Å². The Morgan fingerprint density at radius 1 is 1.27 bits per heavy atom. The Balaban J connectivity index is 0.000000461. The molecule has 0 saturated heterocycles. The van der Waals surface area contributed by atoms with Gasteiger partial charge in [-0.1, -0.05) is 0 Å². The van der Waals surface area contributed by atoms with Crippen molar-refractivity contribution in [2.75, 3.05) is 7.05 Å². The Morgan fingerprint density at radius 3 is 1.91 bits per heavy atom. The van der Waals surface area contributed by atoms with E-state index in [1.54, 1.807) is 0 Å². The average Bonchev–Trinajstić information content (AvgIpc) is 2.00. The minimum absolute atomic E-state index is 0.00961. The van der Waals surface area contributed by atoms with Crippen LogP contribution in [-0.4, -0.2) is 18.3 Å². The standard InChI is InChI=1S/C6H9ClF2.CH5N/c7-5-1-3-6(8,9)4-2-5;1-2/h5H,1-4H2;2H2,1H3. The molecule has 0 bridgehead atoms. The molecule has 0 radical (unpaired) electrons. The zero-order chi connectivity index (χ0) is 8.91. The Hall–Kier alpha value is 0.110. The van der Waals surface area contributed by atoms with E-state index in [2.05, 4.69) is 5.73 Å². The lowest BCUT2D eigenvalue weighted by Gasteiger charge is -2.24. The molecule has 68 valence electrons. The van der Waals surface area contributed by atoms with E-state index in [-0.39, 0.29) is 18.2 Å². The molecule has 1 fully saturated rings. The second kappa shape index (κ2) is 4.88. The van der Waals surface area contributed by atoms with Gasteiger partial charge in [0.05, 0.1) is 0 Å². The highest BCUT2D eigenvalue weighted by Crippen LogP contribution is 2.34. The van der Waals surface area contributed by atoms with Crippen molar-refractivity contribution in [3.63, 3.8) is 0 Å². The van der Waals surface area contributed by atoms with Crippen molar-refractivity contribution in [2.24, 2.45) is 5.73 Å². The van der Waals surface area contributed by atoms with Crippen LogP contribution in [0.5, 0.6) is 0 Å². The van der Waals surface area contributed by atoms with Gasteiger partial charge in [-0.15, -0.1) is 11.6 Å². The van der Waals surface area contributed by atoms with E-state index in [4.69, 9.17) is 11.6 Å². The summed E-state index contributed by atoms with van der Waals surface area (Å²) in [5.74, 6) is -2.43. The molecule has 1 aliphatic rings. The van der Waals surface area contributed by atoms with Gasteiger partial charge in [0, 0.05) is 18.2 Å². The lowest BCUT2D eigenvalue weighted by Crippen LogP contribution is -2.24. The fraction of sp³-hybridized carbons (Fsp3) is 1.00. The summed E-state index contributed by atoms with van der Waals surface area (Å²) >= 11 is 5.61. The molecule has 0 atom stereocenters. The third-order valence-corrected chi connectivity index (χ3v) is 2.08. The summed E-state index contributed by atoms with van der Waals surface area (Å²) in [7, 11) is 1.50. The third-order valence-electron chi connectivity index (χ3n) is 1.65. The highest BCUT2D eigenvalue weighted by molar-refractivity contribution is 6.20. The number of hydrogen-bond acceptors (Lipinski definition) is 1. The van der Waals surface area contributed by atoms with E-state index in [1.807, 2.05) is 0 Å². The number of hydrogen-bond donors (Lipinski definition) is 1. The van der Waals surface area contributed by atoms with Crippen molar-refractivity contribution >= 4 is 11.6 Å². The Morgan fingerprint density at radius 2 is 1.64 bits per heavy atom. The maximum atomic E-state index is 12.3. The van der Waals surface area contributed by atoms with Gasteiger partial charge in [0.2, 0.25) is 5.92 Å². The zero-order valence-electron chi connectivity index (χ0n) is 6.62. The summed E-state index contributed by atoms with van der Waals surface area (Å²) in [6.07, 6.45) is 0.880. The van der Waals surface area contributed by atoms with Gasteiger partial charge < -0.3 is 5.73 Å². The Kier molecular flexibility index (Phi) is 4.93. The monoisotopic (exact) mass is 185 g/mol. The van der Waals surface area contributed by atoms with Crippen molar-refractivity contribution in [2.45, 2.75) is 37.0 Å². The van der Waals surface area contributed by atoms with E-state index in [0.29, 0.717) is 12.8 Å². The van der Waals surface area contributed by atoms with E-state index >= 15 is 0 Å². The van der Waals surface area contributed by atoms with Gasteiger partial charge in [-0.05, 0) is 19.9 Å². The molecule has 1 rings (SSSR count). The molecule has 4 heteroatoms. The molecule has 0 amide bonds. The van der Waals surface area contributed by atoms with Crippen LogP contribution in [0.1, 0.15) is 25.7 Å². The largest absolute Gasteiger partial charge is 0.333 e. The number of alkyl halides is 3. The normalized spacial score (nSPS) is 23.7. The Bertz CT molecular complexity index is 98.6. The quantitative estimate of drug-likeness (QED) is 0.577. The SMILES string of the molecule is CN.FC1(F)CCC(Cl)CC1. The van der Waals surface area contributed by atoms with Crippen molar-refractivity contribution in [3.05, 3.63) is 0 Å². The van der Waals surface area contributed by atoms with Crippen LogP contribution in [0.15, 0.2) is 0 Å². The third kappa shape index (κ3) is 4.53. The molecule has 1 saturated carbocycles. The molecule has 0 heterocycles. The van der Waals surface area contributed by atoms with Crippen molar-refractivity contribution in [3.8, 4) is 0 Å². The van der Waals surface area contributed by atoms with Crippen LogP contribution in [0.2, 0.25) is 0 Å². The van der Waals surface area contributed by atoms with E-state index in [9.17, 15) is 8.78 Å². The topological polar surface area (TPSA) is 26.0 Å². The molecule has 2 N–H and O–H groups in total. The van der Waals surface area contributed by atoms with Crippen LogP contribution >= 0.6 is 11.6 Å². The highest BCUT2D eigenvalue weighted by Gasteiger charge is 2.33. The average molecular weight is 186 g/mol. The van der Waals surface area contributed by atoms with Gasteiger partial charge in [0.15, 0.2) is 0 Å². The molecule has 1 aliphatic carbocycles. The second-order valence-electron chi connectivity index (χ2n) is 2.53. The van der Waals surface area contributed by atoms with Crippen LogP contribution in [0.25, 0.3) is 0 Å². The van der Waals surface area contributed by atoms with Crippen LogP contribution in [-0.2, 0) is 0 Å². The number of halogens is 3. The molecule has 0 spiro atoms. The minimum atomic E-state index is -2.43. The first-order valence-corrected chi connectivity index (χ1v) is 4.13. The molecule has 0 aromatic rings. The summed E-state index contributed by atoms with van der Waals surface area (Å²) in [6, 6.07) is 0. The highest BCUT2D eigenvalue weighted by atomic mass is 35.5. The molecule has 0 aromatic heterocycles. The first-order chi connectivity index (χ1) is 5.10. The second-order valence-corrected chi connectivity index (χ2v) is 3.15. The molecule has 1 nitrogen and oxygen atoms in total. The number of nitrogens with two attached hydrogens (primary N) is 1. The van der Waals surface area contributed by atoms with Crippen molar-refractivity contribution < 1.29 is 8.78 Å². The molecule has 0 unspecified atom stereocenters. The summed E-state index contributed by atoms with van der Waals surface area (Å²) in [5, 5.41) is -0.00961. The van der Waals surface area contributed by atoms with Gasteiger partial charge >= 0.3 is 0 Å². The molecular weight excluding hydrogens is 172 g/mol. The van der Waals surface area contributed by atoms with E-state index in [0.717, 1.165) is 0 Å². The summed E-state index contributed by atoms with van der Waals surface area (Å²) in [4.78, 5) is 0. The van der Waals surface area contributed by atoms with Gasteiger partial charge in [0.25, 0.3) is 0 Å². The first-order valence-electron chi connectivity index (χ1n) is 3.70. The lowest BCUT2D eigenvalue weighted by atomic mass is 9.97. The predicted molar refractivity (Wildman–Crippen MR) is 43.2 cm³/mol. The van der Waals surface area contributed by atoms with Gasteiger partial charge in [-0.2, -0.15) is 0 Å². The summed E-state index contributed by atoms with van der Waals surface area (Å²) < 4.78 is 24.6. The van der Waals surface area contributed by atoms with Crippen LogP contribution in [0.4, 0.5) is 8.78 Å². The summed E-state index contributed by atoms with van der Waals surface area (Å²) in [6.45, 7) is 0. The maximum absolute atomic E-state index is 12.3. The van der Waals surface area contributed by atoms with Crippen molar-refractivity contribution in [1.82, 2.24) is 0 Å². The molecule has 0 aliphatic heterocycles. The smallest absolute Gasteiger partial charge is 0.248 e. The lowest BCUT2D eigenvalue weighted by molar-refractivity contribution is -0.0328. The Labute approximate surface area is 70.9 Å². The maximum Gasteiger partial charge on any atom is 0.248 e. The van der Waals surface area contributed by atoms with Gasteiger partial charge in [-0.25, -0.2) is 8.78 Å². The fourth-order valence-electron chi connectivity index (χ4n) is 1.00. The minimum Gasteiger partial charge on any atom is -0.333 e. The fourth-order valence-corrected chi connectivity index (χ4v) is 1.22. The van der Waals surface area contributed by atoms with Crippen LogP contribution < -0.4 is 5.73 Å². The van der Waals surface area contributed by atoms with Crippen LogP contribution in [0, 0.1) is 0 Å². The number of rotatable bonds is 0. The van der Waals surface area contributed by atoms with E-state index in [1.165, 1.54) is 7.05 Å². The molecule has 0 aromatic carbocycles. The predicted octanol–water partition coefficient (Wildman–Crippen LogP) is 2.38. The van der Waals surface area contributed by atoms with Gasteiger partial charge in [0.1, 0.15) is 0 Å². The molecule has 11 heavy (non-hydrogen) atoms. The zero-order valence-corrected chi connectivity index (χ0v) is 7.37. The summed E-state index contributed by atoms with van der Waals surface area (Å²) in [5.41, 5.74) is 4.50. The van der Waals surface area contributed by atoms with Gasteiger partial charge in [-0.3, -0.25) is 0 Å².